The van der Waals surface area contributed by atoms with Gasteiger partial charge < -0.3 is 10.6 Å². The Bertz CT molecular complexity index is 222. The molecule has 0 spiro atoms. The molecule has 0 saturated carbocycles. The van der Waals surface area contributed by atoms with E-state index < -0.39 is 0 Å². The molecule has 0 radical (unpaired) electrons. The lowest BCUT2D eigenvalue weighted by atomic mass is 10.0. The van der Waals surface area contributed by atoms with E-state index in [9.17, 15) is 4.79 Å². The van der Waals surface area contributed by atoms with Crippen LogP contribution in [0.1, 0.15) is 26.2 Å². The third kappa shape index (κ3) is 2.23. The average Bonchev–Trinajstić information content (AvgIpc) is 2.47. The molecular formula is C10H18N2OS. The Kier molecular flexibility index (Phi) is 3.02. The lowest BCUT2D eigenvalue weighted by Crippen LogP contribution is -2.54. The minimum absolute atomic E-state index is 0.0880. The van der Waals surface area contributed by atoms with Crippen molar-refractivity contribution in [3.63, 3.8) is 0 Å². The number of hydrogen-bond donors (Lipinski definition) is 2. The first-order chi connectivity index (χ1) is 6.70. The van der Waals surface area contributed by atoms with Crippen LogP contribution >= 0.6 is 11.8 Å². The Balaban J connectivity index is 1.72. The van der Waals surface area contributed by atoms with Crippen LogP contribution in [-0.2, 0) is 4.79 Å². The maximum Gasteiger partial charge on any atom is 0.237 e. The van der Waals surface area contributed by atoms with Gasteiger partial charge >= 0.3 is 0 Å². The van der Waals surface area contributed by atoms with Crippen molar-refractivity contribution in [2.45, 2.75) is 37.0 Å². The summed E-state index contributed by atoms with van der Waals surface area (Å²) >= 11 is 1.99. The van der Waals surface area contributed by atoms with Crippen LogP contribution in [0.2, 0.25) is 0 Å². The predicted molar refractivity (Wildman–Crippen MR) is 59.5 cm³/mol. The van der Waals surface area contributed by atoms with Gasteiger partial charge in [0, 0.05) is 11.3 Å². The van der Waals surface area contributed by atoms with E-state index in [1.54, 1.807) is 0 Å². The van der Waals surface area contributed by atoms with Crippen molar-refractivity contribution in [3.8, 4) is 0 Å². The number of rotatable bonds is 3. The van der Waals surface area contributed by atoms with Gasteiger partial charge in [0.1, 0.15) is 0 Å². The van der Waals surface area contributed by atoms with Crippen molar-refractivity contribution in [1.29, 1.82) is 0 Å². The zero-order valence-electron chi connectivity index (χ0n) is 8.64. The van der Waals surface area contributed by atoms with Gasteiger partial charge in [0.2, 0.25) is 5.91 Å². The molecule has 0 aromatic carbocycles. The molecule has 2 aliphatic rings. The number of nitrogens with one attached hydrogen (secondary N) is 2. The van der Waals surface area contributed by atoms with E-state index in [0.717, 1.165) is 19.5 Å². The van der Waals surface area contributed by atoms with Crippen LogP contribution in [0.3, 0.4) is 0 Å². The molecule has 3 nitrogen and oxygen atoms in total. The summed E-state index contributed by atoms with van der Waals surface area (Å²) in [5.74, 6) is 1.43. The van der Waals surface area contributed by atoms with Crippen LogP contribution in [0.15, 0.2) is 0 Å². The van der Waals surface area contributed by atoms with Gasteiger partial charge in [0.05, 0.1) is 6.04 Å². The van der Waals surface area contributed by atoms with Crippen molar-refractivity contribution >= 4 is 17.7 Å². The van der Waals surface area contributed by atoms with Crippen molar-refractivity contribution in [1.82, 2.24) is 10.6 Å². The second-order valence-corrected chi connectivity index (χ2v) is 6.10. The highest BCUT2D eigenvalue weighted by Gasteiger charge is 2.31. The van der Waals surface area contributed by atoms with Crippen LogP contribution in [-0.4, -0.2) is 35.5 Å². The Labute approximate surface area is 89.4 Å². The van der Waals surface area contributed by atoms with Crippen molar-refractivity contribution in [2.24, 2.45) is 0 Å². The highest BCUT2D eigenvalue weighted by Crippen LogP contribution is 2.36. The Morgan fingerprint density at radius 3 is 3.00 bits per heavy atom. The molecule has 2 N–H and O–H groups in total. The van der Waals surface area contributed by atoms with Crippen LogP contribution in [0.5, 0.6) is 0 Å². The number of carbonyl (C=O) groups excluding carboxylic acids is 1. The third-order valence-electron chi connectivity index (χ3n) is 3.08. The number of thioether (sulfide) groups is 1. The minimum atomic E-state index is 0.0880. The SMILES string of the molecule is CC1(CNC(=O)C2CCN2)CCCS1. The zero-order chi connectivity index (χ0) is 10.0. The molecule has 0 aromatic rings. The van der Waals surface area contributed by atoms with E-state index >= 15 is 0 Å². The molecule has 2 heterocycles. The summed E-state index contributed by atoms with van der Waals surface area (Å²) in [4.78, 5) is 11.5. The summed E-state index contributed by atoms with van der Waals surface area (Å²) in [5, 5.41) is 6.16. The lowest BCUT2D eigenvalue weighted by Gasteiger charge is -2.29. The summed E-state index contributed by atoms with van der Waals surface area (Å²) in [6, 6.07) is 0.0880. The molecule has 4 heteroatoms. The topological polar surface area (TPSA) is 41.1 Å². The summed E-state index contributed by atoms with van der Waals surface area (Å²) in [6.07, 6.45) is 3.52. The highest BCUT2D eigenvalue weighted by molar-refractivity contribution is 8.00. The van der Waals surface area contributed by atoms with Crippen molar-refractivity contribution in [3.05, 3.63) is 0 Å². The van der Waals surface area contributed by atoms with E-state index in [-0.39, 0.29) is 11.9 Å². The average molecular weight is 214 g/mol. The molecule has 2 fully saturated rings. The van der Waals surface area contributed by atoms with E-state index in [0.29, 0.717) is 4.75 Å². The summed E-state index contributed by atoms with van der Waals surface area (Å²) in [6.45, 7) is 4.07. The Morgan fingerprint density at radius 1 is 1.71 bits per heavy atom. The summed E-state index contributed by atoms with van der Waals surface area (Å²) in [5.41, 5.74) is 0. The van der Waals surface area contributed by atoms with E-state index in [2.05, 4.69) is 17.6 Å². The quantitative estimate of drug-likeness (QED) is 0.728. The molecule has 0 aromatic heterocycles. The molecule has 2 saturated heterocycles. The van der Waals surface area contributed by atoms with Crippen molar-refractivity contribution < 1.29 is 4.79 Å². The molecule has 2 unspecified atom stereocenters. The minimum Gasteiger partial charge on any atom is -0.353 e. The Morgan fingerprint density at radius 2 is 2.50 bits per heavy atom. The number of carbonyl (C=O) groups is 1. The maximum absolute atomic E-state index is 11.5. The normalized spacial score (nSPS) is 36.5. The molecule has 0 aliphatic carbocycles. The van der Waals surface area contributed by atoms with Gasteiger partial charge in [-0.2, -0.15) is 11.8 Å². The molecular weight excluding hydrogens is 196 g/mol. The highest BCUT2D eigenvalue weighted by atomic mass is 32.2. The predicted octanol–water partition coefficient (Wildman–Crippen LogP) is 0.750. The largest absolute Gasteiger partial charge is 0.353 e. The summed E-state index contributed by atoms with van der Waals surface area (Å²) < 4.78 is 0.291. The first-order valence-electron chi connectivity index (χ1n) is 5.35. The number of hydrogen-bond acceptors (Lipinski definition) is 3. The summed E-state index contributed by atoms with van der Waals surface area (Å²) in [7, 11) is 0. The van der Waals surface area contributed by atoms with E-state index in [1.165, 1.54) is 18.6 Å². The smallest absolute Gasteiger partial charge is 0.237 e. The van der Waals surface area contributed by atoms with Gasteiger partial charge in [-0.3, -0.25) is 4.79 Å². The van der Waals surface area contributed by atoms with E-state index in [1.807, 2.05) is 11.8 Å². The standard InChI is InChI=1S/C10H18N2OS/c1-10(4-2-6-14-10)7-12-9(13)8-3-5-11-8/h8,11H,2-7H2,1H3,(H,12,13). The zero-order valence-corrected chi connectivity index (χ0v) is 9.45. The fraction of sp³-hybridized carbons (Fsp3) is 0.900. The molecule has 1 amide bonds. The van der Waals surface area contributed by atoms with Gasteiger partial charge in [-0.05, 0) is 38.5 Å². The molecule has 80 valence electrons. The van der Waals surface area contributed by atoms with Gasteiger partial charge in [0.25, 0.3) is 0 Å². The molecule has 2 atom stereocenters. The van der Waals surface area contributed by atoms with Crippen LogP contribution < -0.4 is 10.6 Å². The fourth-order valence-electron chi connectivity index (χ4n) is 1.89. The van der Waals surface area contributed by atoms with Crippen LogP contribution in [0, 0.1) is 0 Å². The second kappa shape index (κ2) is 4.11. The van der Waals surface area contributed by atoms with Gasteiger partial charge in [-0.1, -0.05) is 0 Å². The van der Waals surface area contributed by atoms with Gasteiger partial charge in [-0.25, -0.2) is 0 Å². The Hall–Kier alpha value is -0.220. The second-order valence-electron chi connectivity index (χ2n) is 4.42. The van der Waals surface area contributed by atoms with Gasteiger partial charge in [-0.15, -0.1) is 0 Å². The molecule has 2 rings (SSSR count). The lowest BCUT2D eigenvalue weighted by molar-refractivity contribution is -0.124. The fourth-order valence-corrected chi connectivity index (χ4v) is 3.13. The monoisotopic (exact) mass is 214 g/mol. The molecule has 2 aliphatic heterocycles. The first-order valence-corrected chi connectivity index (χ1v) is 6.33. The van der Waals surface area contributed by atoms with Crippen LogP contribution in [0.25, 0.3) is 0 Å². The molecule has 14 heavy (non-hydrogen) atoms. The number of amides is 1. The first kappa shape index (κ1) is 10.3. The van der Waals surface area contributed by atoms with E-state index in [4.69, 9.17) is 0 Å². The van der Waals surface area contributed by atoms with Crippen LogP contribution in [0.4, 0.5) is 0 Å². The maximum atomic E-state index is 11.5. The van der Waals surface area contributed by atoms with Gasteiger partial charge in [0.15, 0.2) is 0 Å². The van der Waals surface area contributed by atoms with Crippen molar-refractivity contribution in [2.75, 3.05) is 18.8 Å². The third-order valence-corrected chi connectivity index (χ3v) is 4.62. The molecule has 0 bridgehead atoms.